The van der Waals surface area contributed by atoms with Gasteiger partial charge in [0.15, 0.2) is 23.5 Å². The number of aliphatic hydroxyl groups is 1. The van der Waals surface area contributed by atoms with E-state index < -0.39 is 67.1 Å². The summed E-state index contributed by atoms with van der Waals surface area (Å²) < 4.78 is 30.1. The van der Waals surface area contributed by atoms with Crippen molar-refractivity contribution in [1.82, 2.24) is 10.6 Å². The fourth-order valence-electron chi connectivity index (χ4n) is 11.7. The van der Waals surface area contributed by atoms with E-state index in [2.05, 4.69) is 22.9 Å². The summed E-state index contributed by atoms with van der Waals surface area (Å²) in [5.41, 5.74) is 6.46. The highest BCUT2D eigenvalue weighted by molar-refractivity contribution is 7.46. The Morgan fingerprint density at radius 1 is 1.05 bits per heavy atom. The zero-order chi connectivity index (χ0) is 47.6. The molecule has 8 N–H and O–H groups in total. The summed E-state index contributed by atoms with van der Waals surface area (Å²) in [6.07, 6.45) is 7.74. The van der Waals surface area contributed by atoms with E-state index in [0.29, 0.717) is 69.2 Å². The first-order chi connectivity index (χ1) is 31.3. The van der Waals surface area contributed by atoms with E-state index in [1.54, 1.807) is 18.2 Å². The van der Waals surface area contributed by atoms with E-state index in [4.69, 9.17) is 19.7 Å². The molecule has 0 aromatic heterocycles. The maximum absolute atomic E-state index is 14.4. The summed E-state index contributed by atoms with van der Waals surface area (Å²) in [6.45, 7) is 7.25. The molecule has 3 saturated carbocycles. The number of allylic oxidation sites excluding steroid dienone is 4. The first-order valence-electron chi connectivity index (χ1n) is 23.2. The molecule has 0 radical (unpaired) electrons. The Balaban J connectivity index is 1.03. The van der Waals surface area contributed by atoms with Crippen LogP contribution < -0.4 is 21.7 Å². The maximum atomic E-state index is 14.4. The van der Waals surface area contributed by atoms with Gasteiger partial charge in [0, 0.05) is 34.4 Å². The number of nitrogens with two attached hydrogens (primary N) is 1. The second-order valence-electron chi connectivity index (χ2n) is 19.5. The van der Waals surface area contributed by atoms with E-state index in [1.165, 1.54) is 0 Å². The number of amides is 3. The third-order valence-electron chi connectivity index (χ3n) is 15.1. The van der Waals surface area contributed by atoms with E-state index >= 15 is 0 Å². The van der Waals surface area contributed by atoms with Crippen molar-refractivity contribution in [2.45, 2.75) is 122 Å². The van der Waals surface area contributed by atoms with Crippen molar-refractivity contribution >= 4 is 42.8 Å². The predicted octanol–water partition coefficient (Wildman–Crippen LogP) is 5.10. The topological polar surface area (TPSA) is 253 Å². The van der Waals surface area contributed by atoms with Crippen molar-refractivity contribution < 1.29 is 57.4 Å². The Labute approximate surface area is 386 Å². The normalized spacial score (nSPS) is 30.8. The van der Waals surface area contributed by atoms with Crippen LogP contribution in [0.15, 0.2) is 72.3 Å². The zero-order valence-electron chi connectivity index (χ0n) is 38.2. The van der Waals surface area contributed by atoms with Crippen LogP contribution in [0.1, 0.15) is 108 Å². The highest BCUT2D eigenvalue weighted by atomic mass is 31.2. The first kappa shape index (κ1) is 49.5. The molecule has 358 valence electrons. The lowest BCUT2D eigenvalue weighted by Crippen LogP contribution is -2.63. The van der Waals surface area contributed by atoms with Gasteiger partial charge in [-0.1, -0.05) is 82.2 Å². The number of unbranched alkanes of at least 4 members (excludes halogenated alkanes) is 1. The third kappa shape index (κ3) is 10.2. The lowest BCUT2D eigenvalue weighted by Gasteiger charge is -2.59. The maximum Gasteiger partial charge on any atom is 0.470 e. The van der Waals surface area contributed by atoms with Crippen LogP contribution in [0.25, 0.3) is 0 Å². The number of carbonyl (C=O) groups excluding carboxylic acids is 5. The van der Waals surface area contributed by atoms with Gasteiger partial charge in [-0.15, -0.1) is 0 Å². The Morgan fingerprint density at radius 3 is 2.52 bits per heavy atom. The third-order valence-corrected chi connectivity index (χ3v) is 15.6. The van der Waals surface area contributed by atoms with Crippen LogP contribution in [-0.2, 0) is 49.0 Å². The molecule has 7 rings (SSSR count). The van der Waals surface area contributed by atoms with Gasteiger partial charge in [0.2, 0.25) is 17.7 Å². The predicted molar refractivity (Wildman–Crippen MR) is 244 cm³/mol. The molecule has 3 amide bonds. The molecule has 4 fully saturated rings. The second-order valence-corrected chi connectivity index (χ2v) is 20.7. The van der Waals surface area contributed by atoms with Gasteiger partial charge in [-0.2, -0.15) is 0 Å². The fourth-order valence-corrected chi connectivity index (χ4v) is 12.0. The lowest BCUT2D eigenvalue weighted by molar-refractivity contribution is -0.200. The number of phosphoric acid groups is 1. The minimum Gasteiger partial charge on any atom is -0.393 e. The Hall–Kier alpha value is -4.38. The molecule has 16 nitrogen and oxygen atoms in total. The number of anilines is 1. The van der Waals surface area contributed by atoms with Crippen molar-refractivity contribution in [3.8, 4) is 0 Å². The minimum absolute atomic E-state index is 0.0539. The number of hydrogen-bond acceptors (Lipinski definition) is 11. The molecule has 0 spiro atoms. The number of nitrogens with one attached hydrogen (secondary N) is 3. The smallest absolute Gasteiger partial charge is 0.393 e. The van der Waals surface area contributed by atoms with Gasteiger partial charge in [-0.3, -0.25) is 28.5 Å². The molecule has 4 aliphatic carbocycles. The second kappa shape index (κ2) is 20.1. The lowest BCUT2D eigenvalue weighted by atomic mass is 9.46. The van der Waals surface area contributed by atoms with Gasteiger partial charge in [-0.25, -0.2) is 4.57 Å². The number of ketones is 2. The minimum atomic E-state index is -5.03. The standard InChI is InChI=1S/C49H65N4O12P/c1-5-29(2)21-42(57)51-27-43(58)53-38(11-6-7-20-50)45(59)52-34-10-8-9-31(23-34)22-30-12-14-32(15-13-30)46-64-41-25-37-36-17-16-33-24-35(54)18-19-47(33,3)44(36)39(55)26-48(37,4)49(41,65-46)40(56)28-63-66(60,61)62/h8-10,12-15,18-19,23-24,29,36-39,41,44,46,55H,5-7,11,16-17,20-22,25-28,50H2,1-4H3,(H,51,57)(H,52,59)(H,53,58)(H2,60,61,62)/t29?,36-,37-,38-,39-,41+,44+,46+,47-,48-,49+/m0/s1. The largest absolute Gasteiger partial charge is 0.470 e. The van der Waals surface area contributed by atoms with Crippen molar-refractivity contribution in [2.24, 2.45) is 40.2 Å². The molecule has 1 heterocycles. The monoisotopic (exact) mass is 932 g/mol. The summed E-state index contributed by atoms with van der Waals surface area (Å²) in [5, 5.41) is 20.4. The molecular weight excluding hydrogens is 868 g/mol. The van der Waals surface area contributed by atoms with Crippen molar-refractivity contribution in [3.05, 3.63) is 89.0 Å². The van der Waals surface area contributed by atoms with Gasteiger partial charge in [0.25, 0.3) is 0 Å². The Bertz CT molecular complexity index is 2280. The number of benzene rings is 2. The van der Waals surface area contributed by atoms with E-state index in [0.717, 1.165) is 23.1 Å². The summed E-state index contributed by atoms with van der Waals surface area (Å²) in [4.78, 5) is 84.5. The molecule has 2 aromatic rings. The highest BCUT2D eigenvalue weighted by Gasteiger charge is 2.76. The molecule has 1 saturated heterocycles. The van der Waals surface area contributed by atoms with E-state index in [9.17, 15) is 43.4 Å². The number of phosphoric ester groups is 1. The molecule has 2 aromatic carbocycles. The summed E-state index contributed by atoms with van der Waals surface area (Å²) >= 11 is 0. The first-order valence-corrected chi connectivity index (χ1v) is 24.8. The number of fused-ring (bicyclic) bond motifs is 7. The number of ether oxygens (including phenoxy) is 2. The molecule has 66 heavy (non-hydrogen) atoms. The molecule has 0 bridgehead atoms. The zero-order valence-corrected chi connectivity index (χ0v) is 39.1. The van der Waals surface area contributed by atoms with Crippen molar-refractivity contribution in [1.29, 1.82) is 0 Å². The molecule has 5 aliphatic rings. The molecule has 17 heteroatoms. The van der Waals surface area contributed by atoms with Crippen LogP contribution in [0.5, 0.6) is 0 Å². The van der Waals surface area contributed by atoms with Crippen LogP contribution in [0.2, 0.25) is 0 Å². The summed E-state index contributed by atoms with van der Waals surface area (Å²) in [7, 11) is -5.03. The Morgan fingerprint density at radius 2 is 1.80 bits per heavy atom. The number of aliphatic hydroxyl groups excluding tert-OH is 1. The summed E-state index contributed by atoms with van der Waals surface area (Å²) in [6, 6.07) is 14.0. The average Bonchev–Trinajstić information content (AvgIpc) is 3.77. The number of Topliss-reactive ketones (excluding diaryl/α,β-unsaturated/α-hetero) is 1. The van der Waals surface area contributed by atoms with Gasteiger partial charge in [0.1, 0.15) is 12.6 Å². The number of carbonyl (C=O) groups is 5. The van der Waals surface area contributed by atoms with E-state index in [-0.39, 0.29) is 54.2 Å². The van der Waals surface area contributed by atoms with Crippen molar-refractivity contribution in [2.75, 3.05) is 25.0 Å². The Kier molecular flexibility index (Phi) is 15.1. The molecule has 1 aliphatic heterocycles. The van der Waals surface area contributed by atoms with Crippen LogP contribution in [0.3, 0.4) is 0 Å². The SMILES string of the molecule is CCC(C)CC(=O)NCC(=O)N[C@@H](CCCCN)C(=O)Nc1cccc(Cc2ccc([C@@H]3O[C@@H]4C[C@H]5[C@@H]6CCC7=CC(=O)C=C[C@]7(C)[C@H]6[C@@H](O)C[C@]5(C)[C@]4(C(=O)COP(=O)(O)O)O3)cc2)c1. The van der Waals surface area contributed by atoms with Crippen LogP contribution in [-0.4, -0.2) is 87.7 Å². The highest BCUT2D eigenvalue weighted by Crippen LogP contribution is 2.70. The van der Waals surface area contributed by atoms with Crippen LogP contribution in [0, 0.1) is 34.5 Å². The summed E-state index contributed by atoms with van der Waals surface area (Å²) in [5.74, 6) is -2.03. The molecule has 11 atom stereocenters. The van der Waals surface area contributed by atoms with Crippen LogP contribution in [0.4, 0.5) is 5.69 Å². The van der Waals surface area contributed by atoms with E-state index in [1.807, 2.05) is 69.3 Å². The number of hydrogen-bond donors (Lipinski definition) is 7. The number of rotatable bonds is 19. The fraction of sp³-hybridized carbons (Fsp3) is 0.571. The molecular formula is C49H65N4O12P. The van der Waals surface area contributed by atoms with Gasteiger partial charge in [-0.05, 0) is 111 Å². The van der Waals surface area contributed by atoms with Gasteiger partial charge < -0.3 is 46.1 Å². The van der Waals surface area contributed by atoms with Crippen LogP contribution >= 0.6 is 7.82 Å². The quantitative estimate of drug-likeness (QED) is 0.0716. The molecule has 1 unspecified atom stereocenters. The van der Waals surface area contributed by atoms with Gasteiger partial charge in [0.05, 0.1) is 18.8 Å². The van der Waals surface area contributed by atoms with Crippen molar-refractivity contribution in [3.63, 3.8) is 0 Å². The average molecular weight is 933 g/mol. The van der Waals surface area contributed by atoms with Gasteiger partial charge >= 0.3 is 7.82 Å².